The van der Waals surface area contributed by atoms with Gasteiger partial charge in [0.15, 0.2) is 5.65 Å². The van der Waals surface area contributed by atoms with Gasteiger partial charge < -0.3 is 19.5 Å². The van der Waals surface area contributed by atoms with Crippen LogP contribution < -0.4 is 16.2 Å². The number of aryl methyl sites for hydroxylation is 1. The molecule has 0 spiro atoms. The van der Waals surface area contributed by atoms with Gasteiger partial charge in [-0.3, -0.25) is 14.2 Å². The van der Waals surface area contributed by atoms with Crippen molar-refractivity contribution >= 4 is 22.9 Å². The maximum Gasteiger partial charge on any atom is 0.256 e. The van der Waals surface area contributed by atoms with Gasteiger partial charge >= 0.3 is 0 Å². The topological polar surface area (TPSA) is 115 Å². The molecule has 0 saturated heterocycles. The zero-order valence-electron chi connectivity index (χ0n) is 18.3. The van der Waals surface area contributed by atoms with E-state index < -0.39 is 0 Å². The van der Waals surface area contributed by atoms with Gasteiger partial charge in [0.2, 0.25) is 5.95 Å². The lowest BCUT2D eigenvalue weighted by molar-refractivity contribution is 0.0948. The van der Waals surface area contributed by atoms with Gasteiger partial charge in [-0.1, -0.05) is 0 Å². The minimum Gasteiger partial charge on any atom is -0.467 e. The number of amides is 1. The minimum absolute atomic E-state index is 0.238. The number of furan rings is 2. The summed E-state index contributed by atoms with van der Waals surface area (Å²) in [7, 11) is 0. The minimum atomic E-state index is -0.240. The largest absolute Gasteiger partial charge is 0.467 e. The molecule has 170 valence electrons. The van der Waals surface area contributed by atoms with E-state index in [4.69, 9.17) is 8.83 Å². The Morgan fingerprint density at radius 1 is 0.912 bits per heavy atom. The van der Waals surface area contributed by atoms with Gasteiger partial charge in [-0.2, -0.15) is 4.98 Å². The van der Waals surface area contributed by atoms with Crippen molar-refractivity contribution in [3.8, 4) is 5.69 Å². The summed E-state index contributed by atoms with van der Waals surface area (Å²) in [6, 6.07) is 17.2. The average Bonchev–Trinajstić information content (AvgIpc) is 3.56. The first-order chi connectivity index (χ1) is 16.6. The lowest BCUT2D eigenvalue weighted by atomic mass is 10.1. The number of nitrogens with one attached hydrogen (secondary N) is 2. The molecule has 9 nitrogen and oxygen atoms in total. The zero-order chi connectivity index (χ0) is 23.5. The van der Waals surface area contributed by atoms with Crippen LogP contribution in [0.4, 0.5) is 5.95 Å². The van der Waals surface area contributed by atoms with Gasteiger partial charge in [-0.05, 0) is 61.5 Å². The summed E-state index contributed by atoms with van der Waals surface area (Å²) >= 11 is 0. The Morgan fingerprint density at radius 3 is 2.29 bits per heavy atom. The van der Waals surface area contributed by atoms with E-state index in [1.807, 2.05) is 19.1 Å². The number of nitrogens with zero attached hydrogens (tertiary/aromatic N) is 3. The predicted molar refractivity (Wildman–Crippen MR) is 126 cm³/mol. The molecule has 0 bridgehead atoms. The van der Waals surface area contributed by atoms with Crippen molar-refractivity contribution in [3.05, 3.63) is 106 Å². The highest BCUT2D eigenvalue weighted by atomic mass is 16.3. The molecule has 1 aromatic carbocycles. The second-order valence-electron chi connectivity index (χ2n) is 7.62. The highest BCUT2D eigenvalue weighted by Crippen LogP contribution is 2.20. The van der Waals surface area contributed by atoms with Crippen LogP contribution in [0.25, 0.3) is 16.7 Å². The van der Waals surface area contributed by atoms with Gasteiger partial charge in [-0.15, -0.1) is 0 Å². The molecule has 2 N–H and O–H groups in total. The molecule has 1 amide bonds. The van der Waals surface area contributed by atoms with E-state index in [1.54, 1.807) is 55.0 Å². The molecule has 0 saturated carbocycles. The van der Waals surface area contributed by atoms with Crippen LogP contribution >= 0.6 is 0 Å². The van der Waals surface area contributed by atoms with Gasteiger partial charge in [-0.25, -0.2) is 4.98 Å². The van der Waals surface area contributed by atoms with Crippen LogP contribution in [0, 0.1) is 6.92 Å². The Hall–Kier alpha value is -4.66. The Kier molecular flexibility index (Phi) is 5.65. The molecule has 0 fully saturated rings. The van der Waals surface area contributed by atoms with Crippen molar-refractivity contribution in [1.29, 1.82) is 0 Å². The molecular formula is C25H21N5O4. The van der Waals surface area contributed by atoms with Crippen LogP contribution in [-0.4, -0.2) is 20.4 Å². The summed E-state index contributed by atoms with van der Waals surface area (Å²) < 4.78 is 12.1. The number of carbonyl (C=O) groups is 1. The van der Waals surface area contributed by atoms with Gasteiger partial charge in [0, 0.05) is 17.0 Å². The highest BCUT2D eigenvalue weighted by Gasteiger charge is 2.13. The van der Waals surface area contributed by atoms with Gasteiger partial charge in [0.25, 0.3) is 11.5 Å². The van der Waals surface area contributed by atoms with Crippen molar-refractivity contribution < 1.29 is 13.6 Å². The third kappa shape index (κ3) is 4.31. The standard InChI is InChI=1S/C25H21N5O4/c1-16-21-10-11-22(31)30(23(21)29-25(28-16)27-15-20-5-3-13-34-20)18-8-6-17(7-9-18)24(32)26-14-19-4-2-12-33-19/h2-13H,14-15H2,1H3,(H,26,32)(H,27,28,29). The number of fused-ring (bicyclic) bond motifs is 1. The molecule has 0 aliphatic heterocycles. The normalized spacial score (nSPS) is 11.0. The molecule has 4 heterocycles. The number of pyridine rings is 1. The summed E-state index contributed by atoms with van der Waals surface area (Å²) in [5.74, 6) is 1.55. The first-order valence-electron chi connectivity index (χ1n) is 10.7. The highest BCUT2D eigenvalue weighted by molar-refractivity contribution is 5.94. The van der Waals surface area contributed by atoms with E-state index in [2.05, 4.69) is 20.6 Å². The average molecular weight is 455 g/mol. The van der Waals surface area contributed by atoms with E-state index in [1.165, 1.54) is 10.6 Å². The Morgan fingerprint density at radius 2 is 1.62 bits per heavy atom. The van der Waals surface area contributed by atoms with Crippen LogP contribution in [0.2, 0.25) is 0 Å². The molecule has 0 radical (unpaired) electrons. The Balaban J connectivity index is 1.44. The maximum atomic E-state index is 12.8. The fourth-order valence-electron chi connectivity index (χ4n) is 3.62. The molecule has 4 aromatic heterocycles. The van der Waals surface area contributed by atoms with E-state index in [9.17, 15) is 9.59 Å². The van der Waals surface area contributed by atoms with Crippen LogP contribution in [0.3, 0.4) is 0 Å². The lowest BCUT2D eigenvalue weighted by Gasteiger charge is -2.13. The third-order valence-corrected chi connectivity index (χ3v) is 5.33. The number of benzene rings is 1. The van der Waals surface area contributed by atoms with Crippen LogP contribution in [0.5, 0.6) is 0 Å². The maximum absolute atomic E-state index is 12.8. The first kappa shape index (κ1) is 21.2. The number of hydrogen-bond donors (Lipinski definition) is 2. The Bertz CT molecular complexity index is 1490. The quantitative estimate of drug-likeness (QED) is 0.383. The molecule has 5 aromatic rings. The SMILES string of the molecule is Cc1nc(NCc2ccco2)nc2c1ccc(=O)n2-c1ccc(C(=O)NCc2ccco2)cc1. The van der Waals surface area contributed by atoms with Gasteiger partial charge in [0.1, 0.15) is 11.5 Å². The fourth-order valence-corrected chi connectivity index (χ4v) is 3.62. The van der Waals surface area contributed by atoms with Crippen molar-refractivity contribution in [2.45, 2.75) is 20.0 Å². The van der Waals surface area contributed by atoms with Crippen LogP contribution in [-0.2, 0) is 13.1 Å². The zero-order valence-corrected chi connectivity index (χ0v) is 18.3. The second kappa shape index (κ2) is 9.07. The molecule has 0 unspecified atom stereocenters. The molecular weight excluding hydrogens is 434 g/mol. The molecule has 0 aliphatic carbocycles. The number of hydrogen-bond acceptors (Lipinski definition) is 7. The summed E-state index contributed by atoms with van der Waals surface area (Å²) in [5.41, 5.74) is 2.02. The smallest absolute Gasteiger partial charge is 0.256 e. The van der Waals surface area contributed by atoms with E-state index in [0.717, 1.165) is 16.8 Å². The molecule has 9 heteroatoms. The summed E-state index contributed by atoms with van der Waals surface area (Å²) in [4.78, 5) is 34.4. The lowest BCUT2D eigenvalue weighted by Crippen LogP contribution is -2.23. The molecule has 0 aliphatic rings. The fraction of sp³-hybridized carbons (Fsp3) is 0.120. The first-order valence-corrected chi connectivity index (χ1v) is 10.7. The third-order valence-electron chi connectivity index (χ3n) is 5.33. The van der Waals surface area contributed by atoms with Crippen LogP contribution in [0.15, 0.2) is 86.8 Å². The molecule has 5 rings (SSSR count). The summed E-state index contributed by atoms with van der Waals surface area (Å²) in [6.07, 6.45) is 3.16. The number of rotatable bonds is 7. The van der Waals surface area contributed by atoms with Gasteiger partial charge in [0.05, 0.1) is 37.0 Å². The number of aromatic nitrogens is 3. The number of carbonyl (C=O) groups excluding carboxylic acids is 1. The van der Waals surface area contributed by atoms with E-state index in [0.29, 0.717) is 41.7 Å². The number of anilines is 1. The van der Waals surface area contributed by atoms with Crippen molar-refractivity contribution in [2.24, 2.45) is 0 Å². The van der Waals surface area contributed by atoms with Crippen molar-refractivity contribution in [1.82, 2.24) is 19.9 Å². The summed E-state index contributed by atoms with van der Waals surface area (Å²) in [6.45, 7) is 2.57. The summed E-state index contributed by atoms with van der Waals surface area (Å²) in [5, 5.41) is 6.69. The monoisotopic (exact) mass is 455 g/mol. The molecule has 34 heavy (non-hydrogen) atoms. The van der Waals surface area contributed by atoms with E-state index in [-0.39, 0.29) is 11.5 Å². The van der Waals surface area contributed by atoms with Crippen molar-refractivity contribution in [3.63, 3.8) is 0 Å². The van der Waals surface area contributed by atoms with E-state index >= 15 is 0 Å². The Labute approximate surface area is 194 Å². The molecule has 0 atom stereocenters. The van der Waals surface area contributed by atoms with Crippen molar-refractivity contribution in [2.75, 3.05) is 5.32 Å². The predicted octanol–water partition coefficient (Wildman–Crippen LogP) is 3.82. The second-order valence-corrected chi connectivity index (χ2v) is 7.62. The van der Waals surface area contributed by atoms with Crippen LogP contribution in [0.1, 0.15) is 27.6 Å².